The molecule has 18 heavy (non-hydrogen) atoms. The van der Waals surface area contributed by atoms with Gasteiger partial charge in [0, 0.05) is 24.4 Å². The lowest BCUT2D eigenvalue weighted by Crippen LogP contribution is -2.45. The fraction of sp³-hybridized carbons (Fsp3) is 0.692. The van der Waals surface area contributed by atoms with E-state index in [4.69, 9.17) is 0 Å². The van der Waals surface area contributed by atoms with Gasteiger partial charge in [-0.3, -0.25) is 4.79 Å². The van der Waals surface area contributed by atoms with Crippen molar-refractivity contribution in [2.45, 2.75) is 45.1 Å². The Hall–Kier alpha value is -0.940. The van der Waals surface area contributed by atoms with Crippen molar-refractivity contribution in [3.63, 3.8) is 0 Å². The maximum Gasteiger partial charge on any atom is 0.220 e. The highest BCUT2D eigenvalue weighted by molar-refractivity contribution is 7.09. The number of nitrogens with one attached hydrogen (secondary N) is 2. The molecule has 0 saturated carbocycles. The van der Waals surface area contributed by atoms with Gasteiger partial charge in [0.1, 0.15) is 0 Å². The second-order valence-electron chi connectivity index (χ2n) is 4.82. The van der Waals surface area contributed by atoms with Crippen molar-refractivity contribution in [3.8, 4) is 0 Å². The second kappa shape index (κ2) is 6.85. The van der Waals surface area contributed by atoms with Crippen molar-refractivity contribution in [2.75, 3.05) is 13.1 Å². The standard InChI is InChI=1S/C13H21N3OS/c1-10-15-12(9-18-10)4-2-6-13(17)16-11-5-3-7-14-8-11/h9,11,14H,2-8H2,1H3,(H,16,17). The average molecular weight is 267 g/mol. The van der Waals surface area contributed by atoms with Crippen LogP contribution in [0.3, 0.4) is 0 Å². The molecule has 1 atom stereocenters. The summed E-state index contributed by atoms with van der Waals surface area (Å²) in [5.41, 5.74) is 1.12. The SMILES string of the molecule is Cc1nc(CCCC(=O)NC2CCCNC2)cs1. The van der Waals surface area contributed by atoms with Crippen molar-refractivity contribution >= 4 is 17.2 Å². The average Bonchev–Trinajstić information content (AvgIpc) is 2.76. The summed E-state index contributed by atoms with van der Waals surface area (Å²) in [6.07, 6.45) is 4.65. The molecule has 100 valence electrons. The molecule has 0 spiro atoms. The normalized spacial score (nSPS) is 19.7. The van der Waals surface area contributed by atoms with Crippen molar-refractivity contribution in [2.24, 2.45) is 0 Å². The topological polar surface area (TPSA) is 54.0 Å². The summed E-state index contributed by atoms with van der Waals surface area (Å²) in [4.78, 5) is 16.2. The van der Waals surface area contributed by atoms with Gasteiger partial charge in [-0.15, -0.1) is 11.3 Å². The van der Waals surface area contributed by atoms with Crippen LogP contribution in [0.25, 0.3) is 0 Å². The first-order valence-electron chi connectivity index (χ1n) is 6.65. The molecule has 0 bridgehead atoms. The first-order valence-corrected chi connectivity index (χ1v) is 7.53. The number of aromatic nitrogens is 1. The number of piperidine rings is 1. The molecular formula is C13H21N3OS. The number of hydrogen-bond donors (Lipinski definition) is 2. The predicted octanol–water partition coefficient (Wildman–Crippen LogP) is 1.64. The minimum atomic E-state index is 0.177. The van der Waals surface area contributed by atoms with Gasteiger partial charge in [-0.25, -0.2) is 4.98 Å². The fourth-order valence-corrected chi connectivity index (χ4v) is 2.88. The highest BCUT2D eigenvalue weighted by Crippen LogP contribution is 2.10. The largest absolute Gasteiger partial charge is 0.352 e. The van der Waals surface area contributed by atoms with E-state index in [0.29, 0.717) is 12.5 Å². The van der Waals surface area contributed by atoms with Gasteiger partial charge >= 0.3 is 0 Å². The Morgan fingerprint density at radius 1 is 1.67 bits per heavy atom. The molecule has 0 aromatic carbocycles. The molecule has 1 unspecified atom stereocenters. The van der Waals surface area contributed by atoms with Crippen LogP contribution < -0.4 is 10.6 Å². The number of carbonyl (C=O) groups excluding carboxylic acids is 1. The third-order valence-corrected chi connectivity index (χ3v) is 3.99. The summed E-state index contributed by atoms with van der Waals surface area (Å²) < 4.78 is 0. The monoisotopic (exact) mass is 267 g/mol. The molecule has 2 rings (SSSR count). The van der Waals surface area contributed by atoms with Crippen LogP contribution in [0.2, 0.25) is 0 Å². The zero-order chi connectivity index (χ0) is 12.8. The minimum Gasteiger partial charge on any atom is -0.352 e. The van der Waals surface area contributed by atoms with E-state index in [1.807, 2.05) is 6.92 Å². The molecule has 2 N–H and O–H groups in total. The molecule has 0 aliphatic carbocycles. The first-order chi connectivity index (χ1) is 8.74. The van der Waals surface area contributed by atoms with Gasteiger partial charge in [-0.05, 0) is 39.2 Å². The Morgan fingerprint density at radius 3 is 3.22 bits per heavy atom. The van der Waals surface area contributed by atoms with Crippen molar-refractivity contribution < 1.29 is 4.79 Å². The van der Waals surface area contributed by atoms with Crippen LogP contribution in [0, 0.1) is 6.92 Å². The lowest BCUT2D eigenvalue weighted by Gasteiger charge is -2.23. The van der Waals surface area contributed by atoms with E-state index in [9.17, 15) is 4.79 Å². The smallest absolute Gasteiger partial charge is 0.220 e. The van der Waals surface area contributed by atoms with Crippen LogP contribution in [0.4, 0.5) is 0 Å². The maximum absolute atomic E-state index is 11.7. The van der Waals surface area contributed by atoms with Gasteiger partial charge in [-0.2, -0.15) is 0 Å². The summed E-state index contributed by atoms with van der Waals surface area (Å²) in [6, 6.07) is 0.327. The summed E-state index contributed by atoms with van der Waals surface area (Å²) in [5.74, 6) is 0.177. The molecule has 1 amide bonds. The second-order valence-corrected chi connectivity index (χ2v) is 5.88. The van der Waals surface area contributed by atoms with E-state index >= 15 is 0 Å². The van der Waals surface area contributed by atoms with Gasteiger partial charge in [-0.1, -0.05) is 0 Å². The van der Waals surface area contributed by atoms with Crippen LogP contribution in [0.15, 0.2) is 5.38 Å². The fourth-order valence-electron chi connectivity index (χ4n) is 2.23. The molecule has 0 radical (unpaired) electrons. The van der Waals surface area contributed by atoms with Crippen molar-refractivity contribution in [1.82, 2.24) is 15.6 Å². The summed E-state index contributed by atoms with van der Waals surface area (Å²) in [5, 5.41) is 9.57. The summed E-state index contributed by atoms with van der Waals surface area (Å²) >= 11 is 1.67. The molecular weight excluding hydrogens is 246 g/mol. The molecule has 1 fully saturated rings. The van der Waals surface area contributed by atoms with E-state index in [1.165, 1.54) is 0 Å². The maximum atomic E-state index is 11.7. The molecule has 5 heteroatoms. The number of rotatable bonds is 5. The number of amides is 1. The number of carbonyl (C=O) groups is 1. The minimum absolute atomic E-state index is 0.177. The van der Waals surface area contributed by atoms with E-state index in [0.717, 1.165) is 49.5 Å². The first kappa shape index (κ1) is 13.5. The van der Waals surface area contributed by atoms with Crippen LogP contribution in [0.1, 0.15) is 36.4 Å². The van der Waals surface area contributed by atoms with Crippen molar-refractivity contribution in [1.29, 1.82) is 0 Å². The molecule has 1 aromatic heterocycles. The van der Waals surface area contributed by atoms with Crippen LogP contribution in [-0.4, -0.2) is 30.0 Å². The third-order valence-electron chi connectivity index (χ3n) is 3.17. The number of hydrogen-bond acceptors (Lipinski definition) is 4. The van der Waals surface area contributed by atoms with Crippen molar-refractivity contribution in [3.05, 3.63) is 16.1 Å². The third kappa shape index (κ3) is 4.38. The van der Waals surface area contributed by atoms with E-state index < -0.39 is 0 Å². The van der Waals surface area contributed by atoms with Gasteiger partial charge in [0.05, 0.1) is 10.7 Å². The Bertz CT molecular complexity index is 385. The van der Waals surface area contributed by atoms with E-state index in [2.05, 4.69) is 21.0 Å². The van der Waals surface area contributed by atoms with E-state index in [1.54, 1.807) is 11.3 Å². The molecule has 4 nitrogen and oxygen atoms in total. The van der Waals surface area contributed by atoms with Gasteiger partial charge in [0.15, 0.2) is 0 Å². The molecule has 1 aromatic rings. The molecule has 2 heterocycles. The number of thiazole rings is 1. The van der Waals surface area contributed by atoms with Crippen LogP contribution in [-0.2, 0) is 11.2 Å². The summed E-state index contributed by atoms with van der Waals surface area (Å²) in [6.45, 7) is 4.00. The van der Waals surface area contributed by atoms with E-state index in [-0.39, 0.29) is 5.91 Å². The zero-order valence-corrected chi connectivity index (χ0v) is 11.7. The number of aryl methyl sites for hydroxylation is 2. The van der Waals surface area contributed by atoms with Crippen LogP contribution >= 0.6 is 11.3 Å². The Labute approximate surface area is 112 Å². The Morgan fingerprint density at radius 2 is 2.56 bits per heavy atom. The zero-order valence-electron chi connectivity index (χ0n) is 10.9. The predicted molar refractivity (Wildman–Crippen MR) is 73.8 cm³/mol. The highest BCUT2D eigenvalue weighted by Gasteiger charge is 2.14. The lowest BCUT2D eigenvalue weighted by molar-refractivity contribution is -0.122. The highest BCUT2D eigenvalue weighted by atomic mass is 32.1. The summed E-state index contributed by atoms with van der Waals surface area (Å²) in [7, 11) is 0. The quantitative estimate of drug-likeness (QED) is 0.853. The molecule has 1 aliphatic rings. The van der Waals surface area contributed by atoms with Crippen LogP contribution in [0.5, 0.6) is 0 Å². The lowest BCUT2D eigenvalue weighted by atomic mass is 10.1. The van der Waals surface area contributed by atoms with Gasteiger partial charge in [0.2, 0.25) is 5.91 Å². The molecule has 1 aliphatic heterocycles. The van der Waals surface area contributed by atoms with Gasteiger partial charge in [0.25, 0.3) is 0 Å². The Kier molecular flexibility index (Phi) is 5.13. The number of nitrogens with zero attached hydrogens (tertiary/aromatic N) is 1. The molecule has 1 saturated heterocycles. The van der Waals surface area contributed by atoms with Gasteiger partial charge < -0.3 is 10.6 Å². The Balaban J connectivity index is 1.62.